The van der Waals surface area contributed by atoms with Crippen molar-refractivity contribution in [2.24, 2.45) is 10.6 Å². The standard InChI is InChI=1S/C35H46ClN7O6/c1-6-8-25(29(45)32(47)38-24-11-12-24)39-31(46)27-19-35(18-26(41-49-35)22-9-7-10-23(36)17-22)20-43(27)33(48)30(34(3,4)5)40-28(44)13-15-42-16-14-37-21(42)2/h7,9-10,14,16-17,24-25,27,30H,6,8,11-13,15,18-20H2,1-5H3,(H,38,47)(H,39,46)(H,40,44)/t25-,27-,30+,35+/m0/s1. The molecule has 1 aromatic carbocycles. The molecule has 3 aliphatic rings. The van der Waals surface area contributed by atoms with Gasteiger partial charge in [0.25, 0.3) is 5.91 Å². The van der Waals surface area contributed by atoms with Gasteiger partial charge in [-0.15, -0.1) is 0 Å². The number of carbonyl (C=O) groups is 5. The third-order valence-electron chi connectivity index (χ3n) is 9.25. The summed E-state index contributed by atoms with van der Waals surface area (Å²) in [4.78, 5) is 79.3. The van der Waals surface area contributed by atoms with E-state index < -0.39 is 52.6 Å². The molecule has 1 aliphatic carbocycles. The molecule has 5 rings (SSSR count). The van der Waals surface area contributed by atoms with E-state index >= 15 is 0 Å². The number of aromatic nitrogens is 2. The number of amides is 4. The van der Waals surface area contributed by atoms with Crippen LogP contribution in [0.4, 0.5) is 0 Å². The van der Waals surface area contributed by atoms with Crippen LogP contribution in [0.1, 0.15) is 84.0 Å². The Morgan fingerprint density at radius 1 is 1.14 bits per heavy atom. The van der Waals surface area contributed by atoms with Gasteiger partial charge in [0.15, 0.2) is 5.60 Å². The number of nitrogens with zero attached hydrogens (tertiary/aromatic N) is 4. The van der Waals surface area contributed by atoms with E-state index in [1.54, 1.807) is 30.6 Å². The molecule has 4 atom stereocenters. The molecule has 3 N–H and O–H groups in total. The number of likely N-dealkylation sites (tertiary alicyclic amines) is 1. The zero-order valence-electron chi connectivity index (χ0n) is 28.8. The minimum atomic E-state index is -1.06. The van der Waals surface area contributed by atoms with Gasteiger partial charge in [0, 0.05) is 54.8 Å². The van der Waals surface area contributed by atoms with Crippen molar-refractivity contribution in [3.63, 3.8) is 0 Å². The van der Waals surface area contributed by atoms with Gasteiger partial charge in [-0.05, 0) is 43.7 Å². The van der Waals surface area contributed by atoms with Crippen molar-refractivity contribution >= 4 is 46.7 Å². The lowest BCUT2D eigenvalue weighted by atomic mass is 9.85. The maximum Gasteiger partial charge on any atom is 0.289 e. The van der Waals surface area contributed by atoms with Gasteiger partial charge in [-0.1, -0.05) is 63.0 Å². The second kappa shape index (κ2) is 14.7. The highest BCUT2D eigenvalue weighted by atomic mass is 35.5. The van der Waals surface area contributed by atoms with Crippen molar-refractivity contribution in [3.05, 3.63) is 53.1 Å². The number of aryl methyl sites for hydroxylation is 2. The molecule has 3 heterocycles. The molecule has 49 heavy (non-hydrogen) atoms. The molecule has 0 unspecified atom stereocenters. The maximum atomic E-state index is 14.5. The molecule has 0 radical (unpaired) electrons. The molecule has 1 aromatic heterocycles. The minimum Gasteiger partial charge on any atom is -0.387 e. The lowest BCUT2D eigenvalue weighted by Gasteiger charge is -2.35. The van der Waals surface area contributed by atoms with Gasteiger partial charge >= 0.3 is 0 Å². The Balaban J connectivity index is 1.38. The first kappa shape index (κ1) is 36.0. The SMILES string of the molecule is CCC[C@H](NC(=O)[C@@H]1C[C@]2(CC(c3cccc(Cl)c3)=NO2)CN1C(=O)[C@@H](NC(=O)CCn1ccnc1C)C(C)(C)C)C(=O)C(=O)NC1CC1. The fourth-order valence-corrected chi connectivity index (χ4v) is 6.52. The Morgan fingerprint density at radius 2 is 1.90 bits per heavy atom. The van der Waals surface area contributed by atoms with Crippen LogP contribution >= 0.6 is 11.6 Å². The molecule has 1 saturated carbocycles. The maximum absolute atomic E-state index is 14.5. The van der Waals surface area contributed by atoms with E-state index in [4.69, 9.17) is 16.4 Å². The summed E-state index contributed by atoms with van der Waals surface area (Å²) in [5, 5.41) is 13.3. The van der Waals surface area contributed by atoms with Gasteiger partial charge in [-0.25, -0.2) is 4.98 Å². The first-order chi connectivity index (χ1) is 23.2. The number of ketones is 1. The molecule has 0 bridgehead atoms. The zero-order valence-corrected chi connectivity index (χ0v) is 29.5. The highest BCUT2D eigenvalue weighted by Gasteiger charge is 2.55. The largest absolute Gasteiger partial charge is 0.387 e. The average Bonchev–Trinajstić information content (AvgIpc) is 3.43. The number of Topliss-reactive ketones (excluding diaryl/α,β-unsaturated/α-hetero) is 1. The Kier molecular flexibility index (Phi) is 10.8. The highest BCUT2D eigenvalue weighted by molar-refractivity contribution is 6.38. The quantitative estimate of drug-likeness (QED) is 0.271. The Labute approximate surface area is 291 Å². The topological polar surface area (TPSA) is 164 Å². The predicted octanol–water partition coefficient (Wildman–Crippen LogP) is 3.06. The van der Waals surface area contributed by atoms with Crippen molar-refractivity contribution in [2.45, 2.75) is 116 Å². The number of rotatable bonds is 13. The number of nitrogens with one attached hydrogen (secondary N) is 3. The van der Waals surface area contributed by atoms with Crippen LogP contribution in [-0.2, 0) is 35.4 Å². The summed E-state index contributed by atoms with van der Waals surface area (Å²) in [6.45, 7) is 9.64. The monoisotopic (exact) mass is 695 g/mol. The molecule has 264 valence electrons. The smallest absolute Gasteiger partial charge is 0.289 e. The van der Waals surface area contributed by atoms with E-state index in [0.717, 1.165) is 24.2 Å². The van der Waals surface area contributed by atoms with Gasteiger partial charge in [0.2, 0.25) is 23.5 Å². The normalized spacial score (nSPS) is 21.5. The fraction of sp³-hybridized carbons (Fsp3) is 0.571. The number of imidazole rings is 1. The summed E-state index contributed by atoms with van der Waals surface area (Å²) in [7, 11) is 0. The second-order valence-corrected chi connectivity index (χ2v) is 14.9. The van der Waals surface area contributed by atoms with Crippen molar-refractivity contribution in [1.82, 2.24) is 30.4 Å². The lowest BCUT2D eigenvalue weighted by molar-refractivity contribution is -0.145. The van der Waals surface area contributed by atoms with E-state index in [0.29, 0.717) is 30.1 Å². The Hall–Kier alpha value is -4.26. The Bertz CT molecular complexity index is 1630. The lowest BCUT2D eigenvalue weighted by Crippen LogP contribution is -2.59. The first-order valence-electron chi connectivity index (χ1n) is 16.9. The van der Waals surface area contributed by atoms with Crippen LogP contribution in [0, 0.1) is 12.3 Å². The van der Waals surface area contributed by atoms with Crippen molar-refractivity contribution < 1.29 is 28.8 Å². The third kappa shape index (κ3) is 8.67. The van der Waals surface area contributed by atoms with E-state index in [-0.39, 0.29) is 37.8 Å². The summed E-state index contributed by atoms with van der Waals surface area (Å²) in [5.41, 5.74) is -0.371. The number of halogens is 1. The van der Waals surface area contributed by atoms with Crippen molar-refractivity contribution in [1.29, 1.82) is 0 Å². The summed E-state index contributed by atoms with van der Waals surface area (Å²) in [6, 6.07) is 4.08. The van der Waals surface area contributed by atoms with Gasteiger partial charge in [0.05, 0.1) is 18.3 Å². The predicted molar refractivity (Wildman–Crippen MR) is 183 cm³/mol. The molecular weight excluding hydrogens is 650 g/mol. The number of oxime groups is 1. The van der Waals surface area contributed by atoms with Crippen molar-refractivity contribution in [2.75, 3.05) is 6.54 Å². The molecule has 4 amide bonds. The summed E-state index contributed by atoms with van der Waals surface area (Å²) in [5.74, 6) is -2.03. The number of carbonyl (C=O) groups excluding carboxylic acids is 5. The Morgan fingerprint density at radius 3 is 2.53 bits per heavy atom. The molecule has 1 spiro atoms. The van der Waals surface area contributed by atoms with Crippen LogP contribution in [0.3, 0.4) is 0 Å². The number of benzene rings is 1. The van der Waals surface area contributed by atoms with Crippen LogP contribution in [0.15, 0.2) is 41.8 Å². The fourth-order valence-electron chi connectivity index (χ4n) is 6.33. The molecule has 2 aromatic rings. The van der Waals surface area contributed by atoms with E-state index in [9.17, 15) is 24.0 Å². The van der Waals surface area contributed by atoms with Crippen molar-refractivity contribution in [3.8, 4) is 0 Å². The van der Waals surface area contributed by atoms with E-state index in [2.05, 4.69) is 26.1 Å². The van der Waals surface area contributed by atoms with Crippen LogP contribution in [0.2, 0.25) is 5.02 Å². The average molecular weight is 696 g/mol. The highest BCUT2D eigenvalue weighted by Crippen LogP contribution is 2.40. The summed E-state index contributed by atoms with van der Waals surface area (Å²) < 4.78 is 1.85. The van der Waals surface area contributed by atoms with Crippen LogP contribution < -0.4 is 16.0 Å². The first-order valence-corrected chi connectivity index (χ1v) is 17.3. The number of hydrogen-bond acceptors (Lipinski definition) is 8. The van der Waals surface area contributed by atoms with E-state index in [1.165, 1.54) is 4.90 Å². The summed E-state index contributed by atoms with van der Waals surface area (Å²) in [6.07, 6.45) is 6.39. The molecular formula is C35H46ClN7O6. The van der Waals surface area contributed by atoms with E-state index in [1.807, 2.05) is 45.3 Å². The summed E-state index contributed by atoms with van der Waals surface area (Å²) >= 11 is 6.24. The van der Waals surface area contributed by atoms with Crippen LogP contribution in [0.5, 0.6) is 0 Å². The second-order valence-electron chi connectivity index (χ2n) is 14.4. The zero-order chi connectivity index (χ0) is 35.5. The molecule has 13 nitrogen and oxygen atoms in total. The van der Waals surface area contributed by atoms with Crippen LogP contribution in [-0.4, -0.2) is 85.9 Å². The molecule has 2 fully saturated rings. The van der Waals surface area contributed by atoms with Gasteiger partial charge < -0.3 is 30.3 Å². The minimum absolute atomic E-state index is 0.0149. The number of hydrogen-bond donors (Lipinski definition) is 3. The van der Waals surface area contributed by atoms with Gasteiger partial charge in [-0.3, -0.25) is 24.0 Å². The third-order valence-corrected chi connectivity index (χ3v) is 9.49. The molecule has 14 heteroatoms. The van der Waals surface area contributed by atoms with Crippen LogP contribution in [0.25, 0.3) is 0 Å². The van der Waals surface area contributed by atoms with Gasteiger partial charge in [0.1, 0.15) is 17.9 Å². The molecule has 1 saturated heterocycles. The van der Waals surface area contributed by atoms with Gasteiger partial charge in [-0.2, -0.15) is 0 Å². The molecule has 2 aliphatic heterocycles.